The number of sulfonamides is 1. The Morgan fingerprint density at radius 1 is 0.927 bits per heavy atom. The topological polar surface area (TPSA) is 96.0 Å². The van der Waals surface area contributed by atoms with E-state index in [0.717, 1.165) is 4.31 Å². The minimum atomic E-state index is -4.15. The molecule has 0 aliphatic rings. The van der Waals surface area contributed by atoms with Gasteiger partial charge < -0.3 is 15.0 Å². The second-order valence-electron chi connectivity index (χ2n) is 9.84. The maximum Gasteiger partial charge on any atom is 0.264 e. The van der Waals surface area contributed by atoms with Gasteiger partial charge in [-0.25, -0.2) is 8.42 Å². The predicted molar refractivity (Wildman–Crippen MR) is 163 cm³/mol. The number of nitrogens with one attached hydrogen (secondary N) is 1. The third kappa shape index (κ3) is 8.61. The molecular weight excluding hydrogens is 585 g/mol. The van der Waals surface area contributed by atoms with Gasteiger partial charge in [0, 0.05) is 13.1 Å². The normalized spacial score (nSPS) is 12.1. The fourth-order valence-corrected chi connectivity index (χ4v) is 5.75. The zero-order chi connectivity index (χ0) is 30.2. The third-order valence-corrected chi connectivity index (χ3v) is 8.76. The van der Waals surface area contributed by atoms with Crippen LogP contribution in [0.25, 0.3) is 0 Å². The second-order valence-corrected chi connectivity index (χ2v) is 12.5. The van der Waals surface area contributed by atoms with Crippen molar-refractivity contribution in [3.05, 3.63) is 88.4 Å². The van der Waals surface area contributed by atoms with Crippen molar-refractivity contribution in [2.24, 2.45) is 5.92 Å². The number of nitrogens with zero attached hydrogens (tertiary/aromatic N) is 2. The minimum absolute atomic E-state index is 0.00842. The summed E-state index contributed by atoms with van der Waals surface area (Å²) < 4.78 is 34.2. The molecule has 0 saturated heterocycles. The van der Waals surface area contributed by atoms with Crippen LogP contribution in [-0.4, -0.2) is 50.9 Å². The Labute approximate surface area is 252 Å². The summed E-state index contributed by atoms with van der Waals surface area (Å²) in [4.78, 5) is 28.4. The van der Waals surface area contributed by atoms with Gasteiger partial charge in [0.1, 0.15) is 18.3 Å². The van der Waals surface area contributed by atoms with Gasteiger partial charge in [-0.2, -0.15) is 0 Å². The van der Waals surface area contributed by atoms with Crippen LogP contribution in [0.5, 0.6) is 5.75 Å². The number of amides is 2. The number of hydrogen-bond donors (Lipinski definition) is 1. The molecule has 1 N–H and O–H groups in total. The molecule has 0 aromatic heterocycles. The summed E-state index contributed by atoms with van der Waals surface area (Å²) in [6, 6.07) is 18.4. The van der Waals surface area contributed by atoms with Gasteiger partial charge >= 0.3 is 0 Å². The summed E-state index contributed by atoms with van der Waals surface area (Å²) in [7, 11) is -4.15. The molecule has 0 unspecified atom stereocenters. The number of halogens is 2. The maximum absolute atomic E-state index is 14.0. The Morgan fingerprint density at radius 3 is 2.17 bits per heavy atom. The van der Waals surface area contributed by atoms with E-state index >= 15 is 0 Å². The zero-order valence-electron chi connectivity index (χ0n) is 23.5. The number of ether oxygens (including phenoxy) is 1. The van der Waals surface area contributed by atoms with E-state index in [1.807, 2.05) is 20.8 Å². The van der Waals surface area contributed by atoms with Crippen molar-refractivity contribution in [2.75, 3.05) is 24.0 Å². The Bertz CT molecular complexity index is 1430. The van der Waals surface area contributed by atoms with Gasteiger partial charge in [-0.05, 0) is 73.9 Å². The van der Waals surface area contributed by atoms with Crippen LogP contribution in [0.2, 0.25) is 10.0 Å². The minimum Gasteiger partial charge on any atom is -0.494 e. The molecule has 11 heteroatoms. The summed E-state index contributed by atoms with van der Waals surface area (Å²) in [5, 5.41) is 3.51. The fraction of sp³-hybridized carbons (Fsp3) is 0.333. The van der Waals surface area contributed by atoms with Crippen LogP contribution in [0.4, 0.5) is 5.69 Å². The van der Waals surface area contributed by atoms with Crippen LogP contribution in [0.3, 0.4) is 0 Å². The van der Waals surface area contributed by atoms with Crippen molar-refractivity contribution in [1.82, 2.24) is 10.2 Å². The lowest BCUT2D eigenvalue weighted by atomic mass is 10.1. The van der Waals surface area contributed by atoms with E-state index in [2.05, 4.69) is 5.32 Å². The van der Waals surface area contributed by atoms with Gasteiger partial charge in [0.25, 0.3) is 10.0 Å². The molecule has 0 fully saturated rings. The van der Waals surface area contributed by atoms with Gasteiger partial charge in [0.15, 0.2) is 0 Å². The largest absolute Gasteiger partial charge is 0.494 e. The van der Waals surface area contributed by atoms with E-state index < -0.39 is 28.5 Å². The monoisotopic (exact) mass is 619 g/mol. The number of rotatable bonds is 13. The van der Waals surface area contributed by atoms with Crippen LogP contribution in [0.1, 0.15) is 33.3 Å². The number of benzene rings is 3. The summed E-state index contributed by atoms with van der Waals surface area (Å²) in [6.45, 7) is 7.73. The van der Waals surface area contributed by atoms with E-state index in [9.17, 15) is 18.0 Å². The Hall–Kier alpha value is -3.27. The average Bonchev–Trinajstić information content (AvgIpc) is 2.95. The predicted octanol–water partition coefficient (Wildman–Crippen LogP) is 5.78. The molecular formula is C30H35Cl2N3O5S. The summed E-state index contributed by atoms with van der Waals surface area (Å²) in [6.07, 6.45) is 0. The van der Waals surface area contributed by atoms with Crippen LogP contribution in [0.15, 0.2) is 77.7 Å². The molecule has 8 nitrogen and oxygen atoms in total. The summed E-state index contributed by atoms with van der Waals surface area (Å²) >= 11 is 12.3. The molecule has 220 valence electrons. The Balaban J connectivity index is 2.01. The number of hydrogen-bond acceptors (Lipinski definition) is 5. The highest BCUT2D eigenvalue weighted by Crippen LogP contribution is 2.27. The standard InChI is InChI=1S/C30H35Cl2N3O5S/c1-5-40-25-14-12-24(13-15-25)35(41(38,39)26-9-7-6-8-10-26)20-29(36)34(22(4)30(37)33-18-21(2)3)19-23-11-16-27(31)28(32)17-23/h6-17,21-22H,5,18-20H2,1-4H3,(H,33,37)/t22-/m1/s1. The van der Waals surface area contributed by atoms with Crippen molar-refractivity contribution in [3.63, 3.8) is 0 Å². The molecule has 0 aliphatic carbocycles. The van der Waals surface area contributed by atoms with Gasteiger partial charge in [-0.15, -0.1) is 0 Å². The molecule has 0 spiro atoms. The van der Waals surface area contributed by atoms with Crippen molar-refractivity contribution in [2.45, 2.75) is 45.2 Å². The van der Waals surface area contributed by atoms with E-state index in [4.69, 9.17) is 27.9 Å². The lowest BCUT2D eigenvalue weighted by Gasteiger charge is -2.32. The summed E-state index contributed by atoms with van der Waals surface area (Å²) in [5.74, 6) is -0.157. The van der Waals surface area contributed by atoms with Crippen LogP contribution in [0, 0.1) is 5.92 Å². The first-order valence-corrected chi connectivity index (χ1v) is 15.4. The molecule has 0 aliphatic heterocycles. The highest BCUT2D eigenvalue weighted by Gasteiger charge is 2.32. The maximum atomic E-state index is 14.0. The first kappa shape index (κ1) is 32.2. The zero-order valence-corrected chi connectivity index (χ0v) is 25.8. The van der Waals surface area contributed by atoms with E-state index in [0.29, 0.717) is 34.5 Å². The van der Waals surface area contributed by atoms with Crippen molar-refractivity contribution in [3.8, 4) is 5.75 Å². The smallest absolute Gasteiger partial charge is 0.264 e. The van der Waals surface area contributed by atoms with Gasteiger partial charge in [-0.1, -0.05) is 61.3 Å². The van der Waals surface area contributed by atoms with Gasteiger partial charge in [0.2, 0.25) is 11.8 Å². The Kier molecular flexibility index (Phi) is 11.5. The van der Waals surface area contributed by atoms with Gasteiger partial charge in [0.05, 0.1) is 27.2 Å². The molecule has 3 aromatic carbocycles. The molecule has 0 saturated carbocycles. The highest BCUT2D eigenvalue weighted by atomic mass is 35.5. The SMILES string of the molecule is CCOc1ccc(N(CC(=O)N(Cc2ccc(Cl)c(Cl)c2)[C@H](C)C(=O)NCC(C)C)S(=O)(=O)c2ccccc2)cc1. The molecule has 41 heavy (non-hydrogen) atoms. The highest BCUT2D eigenvalue weighted by molar-refractivity contribution is 7.92. The molecule has 2 amide bonds. The molecule has 1 atom stereocenters. The van der Waals surface area contributed by atoms with Crippen LogP contribution >= 0.6 is 23.2 Å². The quantitative estimate of drug-likeness (QED) is 0.262. The number of carbonyl (C=O) groups excluding carboxylic acids is 2. The van der Waals surface area contributed by atoms with Crippen molar-refractivity contribution in [1.29, 1.82) is 0 Å². The molecule has 0 radical (unpaired) electrons. The van der Waals surface area contributed by atoms with Crippen molar-refractivity contribution >= 4 is 50.7 Å². The van der Waals surface area contributed by atoms with E-state index in [1.54, 1.807) is 67.6 Å². The number of carbonyl (C=O) groups is 2. The molecule has 3 aromatic rings. The fourth-order valence-electron chi connectivity index (χ4n) is 3.99. The van der Waals surface area contributed by atoms with Crippen LogP contribution in [-0.2, 0) is 26.2 Å². The first-order valence-electron chi connectivity index (χ1n) is 13.3. The average molecular weight is 621 g/mol. The van der Waals surface area contributed by atoms with Crippen LogP contribution < -0.4 is 14.4 Å². The molecule has 0 heterocycles. The summed E-state index contributed by atoms with van der Waals surface area (Å²) in [5.41, 5.74) is 0.909. The second kappa shape index (κ2) is 14.6. The third-order valence-electron chi connectivity index (χ3n) is 6.23. The first-order chi connectivity index (χ1) is 19.4. The number of anilines is 1. The van der Waals surface area contributed by atoms with Crippen molar-refractivity contribution < 1.29 is 22.7 Å². The lowest BCUT2D eigenvalue weighted by Crippen LogP contribution is -2.51. The Morgan fingerprint density at radius 2 is 1.59 bits per heavy atom. The van der Waals surface area contributed by atoms with Gasteiger partial charge in [-0.3, -0.25) is 13.9 Å². The molecule has 0 bridgehead atoms. The lowest BCUT2D eigenvalue weighted by molar-refractivity contribution is -0.139. The molecule has 3 rings (SSSR count). The van der Waals surface area contributed by atoms with E-state index in [1.165, 1.54) is 17.0 Å². The van der Waals surface area contributed by atoms with E-state index in [-0.39, 0.29) is 29.0 Å².